The average Bonchev–Trinajstić information content (AvgIpc) is 2.35. The number of rotatable bonds is 2. The number of hydrogen-bond donors (Lipinski definition) is 1. The van der Waals surface area contributed by atoms with E-state index in [0.717, 1.165) is 0 Å². The van der Waals surface area contributed by atoms with Crippen LogP contribution in [0, 0.1) is 0 Å². The Morgan fingerprint density at radius 2 is 2.36 bits per heavy atom. The van der Waals surface area contributed by atoms with Crippen molar-refractivity contribution in [2.45, 2.75) is 8.57 Å². The van der Waals surface area contributed by atoms with Crippen LogP contribution in [0.4, 0.5) is 0 Å². The SMILES string of the molecule is O=C(C(Cl)Cl)C1(I)NCCO1. The van der Waals surface area contributed by atoms with Gasteiger partial charge in [-0.25, -0.2) is 0 Å². The molecule has 1 aliphatic rings. The number of halogens is 3. The molecule has 1 saturated heterocycles. The van der Waals surface area contributed by atoms with Crippen molar-refractivity contribution in [1.82, 2.24) is 5.32 Å². The van der Waals surface area contributed by atoms with Gasteiger partial charge in [0.15, 0.2) is 4.84 Å². The van der Waals surface area contributed by atoms with Crippen LogP contribution in [0.5, 0.6) is 0 Å². The Morgan fingerprint density at radius 3 is 2.73 bits per heavy atom. The maximum Gasteiger partial charge on any atom is 0.234 e. The van der Waals surface area contributed by atoms with Gasteiger partial charge >= 0.3 is 0 Å². The molecule has 1 fully saturated rings. The first kappa shape index (κ1) is 9.98. The third kappa shape index (κ3) is 2.18. The molecule has 0 aromatic carbocycles. The van der Waals surface area contributed by atoms with Crippen LogP contribution in [0.3, 0.4) is 0 Å². The highest BCUT2D eigenvalue weighted by Gasteiger charge is 2.42. The van der Waals surface area contributed by atoms with Crippen LogP contribution < -0.4 is 5.32 Å². The number of Topliss-reactive ketones (excluding diaryl/α,β-unsaturated/α-hetero) is 1. The first-order chi connectivity index (χ1) is 5.06. The normalized spacial score (nSPS) is 31.3. The van der Waals surface area contributed by atoms with Gasteiger partial charge in [0.1, 0.15) is 0 Å². The summed E-state index contributed by atoms with van der Waals surface area (Å²) in [6.45, 7) is 1.16. The molecule has 1 unspecified atom stereocenters. The van der Waals surface area contributed by atoms with Gasteiger partial charge in [-0.1, -0.05) is 23.2 Å². The van der Waals surface area contributed by atoms with Crippen molar-refractivity contribution in [2.24, 2.45) is 0 Å². The van der Waals surface area contributed by atoms with Crippen molar-refractivity contribution >= 4 is 51.6 Å². The molecular formula is C5H6Cl2INO2. The van der Waals surface area contributed by atoms with Crippen molar-refractivity contribution in [2.75, 3.05) is 13.2 Å². The molecule has 1 heterocycles. The van der Waals surface area contributed by atoms with E-state index < -0.39 is 8.57 Å². The van der Waals surface area contributed by atoms with Crippen molar-refractivity contribution in [3.8, 4) is 0 Å². The molecule has 0 aromatic heterocycles. The number of carbonyl (C=O) groups excluding carboxylic acids is 1. The summed E-state index contributed by atoms with van der Waals surface area (Å²) in [7, 11) is 0. The third-order valence-electron chi connectivity index (χ3n) is 1.27. The first-order valence-electron chi connectivity index (χ1n) is 2.96. The number of carbonyl (C=O) groups is 1. The lowest BCUT2D eigenvalue weighted by Crippen LogP contribution is -2.45. The second-order valence-electron chi connectivity index (χ2n) is 2.04. The van der Waals surface area contributed by atoms with E-state index in [2.05, 4.69) is 5.32 Å². The maximum atomic E-state index is 11.2. The molecule has 0 saturated carbocycles. The summed E-state index contributed by atoms with van der Waals surface area (Å²) in [5, 5.41) is 2.86. The number of nitrogens with one attached hydrogen (secondary N) is 1. The van der Waals surface area contributed by atoms with Crippen LogP contribution in [-0.4, -0.2) is 27.5 Å². The van der Waals surface area contributed by atoms with Crippen LogP contribution in [-0.2, 0) is 9.53 Å². The molecule has 0 amide bonds. The molecule has 1 aliphatic heterocycles. The zero-order valence-electron chi connectivity index (χ0n) is 5.44. The lowest BCUT2D eigenvalue weighted by Gasteiger charge is -2.19. The predicted molar refractivity (Wildman–Crippen MR) is 51.2 cm³/mol. The van der Waals surface area contributed by atoms with E-state index in [1.165, 1.54) is 0 Å². The number of hydrogen-bond acceptors (Lipinski definition) is 3. The van der Waals surface area contributed by atoms with Gasteiger partial charge in [-0.3, -0.25) is 10.1 Å². The van der Waals surface area contributed by atoms with E-state index in [9.17, 15) is 4.79 Å². The Labute approximate surface area is 87.9 Å². The molecule has 0 aliphatic carbocycles. The van der Waals surface area contributed by atoms with Gasteiger partial charge in [-0.15, -0.1) is 0 Å². The number of ether oxygens (including phenoxy) is 1. The summed E-state index contributed by atoms with van der Waals surface area (Å²) in [4.78, 5) is 10.2. The lowest BCUT2D eigenvalue weighted by molar-refractivity contribution is -0.128. The standard InChI is InChI=1S/C5H6Cl2INO2/c6-4(7)3(10)5(8)9-1-2-11-5/h4,9H,1-2H2. The molecule has 0 aromatic rings. The molecule has 0 radical (unpaired) electrons. The fourth-order valence-corrected chi connectivity index (χ4v) is 2.23. The summed E-state index contributed by atoms with van der Waals surface area (Å²) in [5.41, 5.74) is 0. The minimum absolute atomic E-state index is 0.348. The van der Waals surface area contributed by atoms with Gasteiger partial charge < -0.3 is 4.74 Å². The Balaban J connectivity index is 2.64. The van der Waals surface area contributed by atoms with Crippen LogP contribution in [0.25, 0.3) is 0 Å². The van der Waals surface area contributed by atoms with E-state index in [1.807, 2.05) is 22.6 Å². The fraction of sp³-hybridized carbons (Fsp3) is 0.800. The summed E-state index contributed by atoms with van der Waals surface area (Å²) in [6, 6.07) is 0. The van der Waals surface area contributed by atoms with Crippen LogP contribution in [0.15, 0.2) is 0 Å². The van der Waals surface area contributed by atoms with Crippen LogP contribution in [0.1, 0.15) is 0 Å². The summed E-state index contributed by atoms with van der Waals surface area (Å²) >= 11 is 12.6. The molecule has 6 heteroatoms. The highest BCUT2D eigenvalue weighted by atomic mass is 127. The van der Waals surface area contributed by atoms with Crippen molar-refractivity contribution in [3.63, 3.8) is 0 Å². The quantitative estimate of drug-likeness (QED) is 0.471. The van der Waals surface area contributed by atoms with Crippen LogP contribution >= 0.6 is 45.8 Å². The monoisotopic (exact) mass is 309 g/mol. The van der Waals surface area contributed by atoms with E-state index in [1.54, 1.807) is 0 Å². The average molecular weight is 310 g/mol. The fourth-order valence-electron chi connectivity index (χ4n) is 0.753. The van der Waals surface area contributed by atoms with Gasteiger partial charge in [-0.05, 0) is 22.6 Å². The molecule has 1 rings (SSSR count). The maximum absolute atomic E-state index is 11.2. The summed E-state index contributed by atoms with van der Waals surface area (Å²) < 4.78 is 4.11. The Bertz CT molecular complexity index is 170. The first-order valence-corrected chi connectivity index (χ1v) is 4.92. The molecule has 3 nitrogen and oxygen atoms in total. The molecular weight excluding hydrogens is 304 g/mol. The number of alkyl halides is 3. The largest absolute Gasteiger partial charge is 0.344 e. The van der Waals surface area contributed by atoms with E-state index in [4.69, 9.17) is 27.9 Å². The van der Waals surface area contributed by atoms with Gasteiger partial charge in [0.25, 0.3) is 0 Å². The molecule has 0 spiro atoms. The Morgan fingerprint density at radius 1 is 1.73 bits per heavy atom. The van der Waals surface area contributed by atoms with Gasteiger partial charge in [0, 0.05) is 6.54 Å². The zero-order chi connectivity index (χ0) is 8.48. The summed E-state index contributed by atoms with van der Waals surface area (Å²) in [6.07, 6.45) is 0. The Kier molecular flexibility index (Phi) is 3.39. The highest BCUT2D eigenvalue weighted by molar-refractivity contribution is 14.1. The second kappa shape index (κ2) is 3.74. The van der Waals surface area contributed by atoms with Crippen LogP contribution in [0.2, 0.25) is 0 Å². The van der Waals surface area contributed by atoms with Gasteiger partial charge in [0.05, 0.1) is 6.61 Å². The third-order valence-corrected chi connectivity index (χ3v) is 2.89. The van der Waals surface area contributed by atoms with E-state index in [0.29, 0.717) is 13.2 Å². The zero-order valence-corrected chi connectivity index (χ0v) is 9.11. The topological polar surface area (TPSA) is 38.3 Å². The van der Waals surface area contributed by atoms with Gasteiger partial charge in [0.2, 0.25) is 9.51 Å². The molecule has 11 heavy (non-hydrogen) atoms. The van der Waals surface area contributed by atoms with E-state index >= 15 is 0 Å². The second-order valence-corrected chi connectivity index (χ2v) is 4.65. The molecule has 1 atom stereocenters. The molecule has 0 bridgehead atoms. The predicted octanol–water partition coefficient (Wildman–Crippen LogP) is 1.07. The lowest BCUT2D eigenvalue weighted by atomic mass is 10.4. The van der Waals surface area contributed by atoms with Crippen molar-refractivity contribution in [3.05, 3.63) is 0 Å². The minimum Gasteiger partial charge on any atom is -0.344 e. The smallest absolute Gasteiger partial charge is 0.234 e. The van der Waals surface area contributed by atoms with Crippen molar-refractivity contribution in [1.29, 1.82) is 0 Å². The molecule has 64 valence electrons. The minimum atomic E-state index is -1.03. The van der Waals surface area contributed by atoms with E-state index in [-0.39, 0.29) is 5.78 Å². The Hall–Kier alpha value is 0.900. The summed E-state index contributed by atoms with van der Waals surface area (Å²) in [5.74, 6) is -0.348. The van der Waals surface area contributed by atoms with Gasteiger partial charge in [-0.2, -0.15) is 0 Å². The highest BCUT2D eigenvalue weighted by Crippen LogP contribution is 2.26. The molecule has 1 N–H and O–H groups in total. The van der Waals surface area contributed by atoms with Crippen molar-refractivity contribution < 1.29 is 9.53 Å². The number of ketones is 1.